The van der Waals surface area contributed by atoms with E-state index in [1.807, 2.05) is 6.92 Å². The Hall–Kier alpha value is -1.07. The van der Waals surface area contributed by atoms with Gasteiger partial charge in [-0.1, -0.05) is 6.92 Å². The van der Waals surface area contributed by atoms with Crippen LogP contribution in [0.3, 0.4) is 0 Å². The summed E-state index contributed by atoms with van der Waals surface area (Å²) < 4.78 is 5.82. The smallest absolute Gasteiger partial charge is 0.252 e. The van der Waals surface area contributed by atoms with Crippen LogP contribution in [0.2, 0.25) is 0 Å². The fourth-order valence-electron chi connectivity index (χ4n) is 1.60. The molecule has 0 aliphatic carbocycles. The van der Waals surface area contributed by atoms with Crippen LogP contribution in [0.1, 0.15) is 30.1 Å². The van der Waals surface area contributed by atoms with E-state index in [1.54, 1.807) is 25.3 Å². The van der Waals surface area contributed by atoms with Crippen molar-refractivity contribution in [1.82, 2.24) is 5.32 Å². The molecule has 0 heterocycles. The molecule has 0 aromatic heterocycles. The van der Waals surface area contributed by atoms with E-state index in [9.17, 15) is 4.79 Å². The first-order valence-electron chi connectivity index (χ1n) is 5.87. The normalized spacial score (nSPS) is 12.0. The van der Waals surface area contributed by atoms with E-state index >= 15 is 0 Å². The number of carbonyl (C=O) groups is 1. The number of aliphatic hydroxyl groups is 1. The first-order valence-corrected chi connectivity index (χ1v) is 6.67. The zero-order valence-corrected chi connectivity index (χ0v) is 12.2. The first-order chi connectivity index (χ1) is 8.62. The Morgan fingerprint density at radius 1 is 1.56 bits per heavy atom. The van der Waals surface area contributed by atoms with Crippen LogP contribution in [0.5, 0.6) is 5.75 Å². The summed E-state index contributed by atoms with van der Waals surface area (Å²) >= 11 is 3.35. The molecule has 0 radical (unpaired) electrons. The van der Waals surface area contributed by atoms with Gasteiger partial charge in [0, 0.05) is 17.1 Å². The Kier molecular flexibility index (Phi) is 6.15. The second-order valence-electron chi connectivity index (χ2n) is 3.94. The maximum absolute atomic E-state index is 12.1. The van der Waals surface area contributed by atoms with Crippen LogP contribution in [0, 0.1) is 0 Å². The van der Waals surface area contributed by atoms with Gasteiger partial charge in [0.2, 0.25) is 0 Å². The summed E-state index contributed by atoms with van der Waals surface area (Å²) in [7, 11) is 1.56. The summed E-state index contributed by atoms with van der Waals surface area (Å²) in [6.45, 7) is 2.04. The molecule has 100 valence electrons. The Morgan fingerprint density at radius 2 is 2.28 bits per heavy atom. The minimum absolute atomic E-state index is 0.0133. The number of halogens is 1. The van der Waals surface area contributed by atoms with Crippen molar-refractivity contribution in [3.63, 3.8) is 0 Å². The number of ether oxygens (including phenoxy) is 1. The van der Waals surface area contributed by atoms with Gasteiger partial charge in [0.15, 0.2) is 0 Å². The van der Waals surface area contributed by atoms with E-state index in [-0.39, 0.29) is 18.6 Å². The minimum Gasteiger partial charge on any atom is -0.497 e. The Balaban J connectivity index is 2.82. The van der Waals surface area contributed by atoms with Gasteiger partial charge in [-0.25, -0.2) is 0 Å². The number of hydrogen-bond donors (Lipinski definition) is 2. The molecule has 0 saturated heterocycles. The lowest BCUT2D eigenvalue weighted by molar-refractivity contribution is 0.0928. The van der Waals surface area contributed by atoms with Crippen LogP contribution in [0.15, 0.2) is 22.7 Å². The average molecular weight is 316 g/mol. The number of rotatable bonds is 6. The predicted octanol–water partition coefficient (Wildman–Crippen LogP) is 2.35. The van der Waals surface area contributed by atoms with E-state index in [0.717, 1.165) is 10.9 Å². The predicted molar refractivity (Wildman–Crippen MR) is 73.9 cm³/mol. The monoisotopic (exact) mass is 315 g/mol. The summed E-state index contributed by atoms with van der Waals surface area (Å²) in [4.78, 5) is 12.1. The Bertz CT molecular complexity index is 409. The maximum Gasteiger partial charge on any atom is 0.252 e. The lowest BCUT2D eigenvalue weighted by atomic mass is 10.1. The lowest BCUT2D eigenvalue weighted by Gasteiger charge is -2.16. The quantitative estimate of drug-likeness (QED) is 0.847. The molecule has 0 aliphatic rings. The summed E-state index contributed by atoms with van der Waals surface area (Å²) in [5, 5.41) is 11.8. The van der Waals surface area contributed by atoms with Crippen molar-refractivity contribution in [1.29, 1.82) is 0 Å². The van der Waals surface area contributed by atoms with Crippen LogP contribution in [-0.4, -0.2) is 30.8 Å². The van der Waals surface area contributed by atoms with Crippen molar-refractivity contribution < 1.29 is 14.6 Å². The van der Waals surface area contributed by atoms with Crippen molar-refractivity contribution in [3.05, 3.63) is 28.2 Å². The number of aliphatic hydroxyl groups excluding tert-OH is 1. The third kappa shape index (κ3) is 3.99. The van der Waals surface area contributed by atoms with Gasteiger partial charge in [0.05, 0.1) is 12.7 Å². The highest BCUT2D eigenvalue weighted by Gasteiger charge is 2.15. The fourth-order valence-corrected chi connectivity index (χ4v) is 2.03. The molecule has 4 nitrogen and oxygen atoms in total. The van der Waals surface area contributed by atoms with Crippen molar-refractivity contribution in [3.8, 4) is 5.75 Å². The summed E-state index contributed by atoms with van der Waals surface area (Å²) in [6.07, 6.45) is 1.34. The van der Waals surface area contributed by atoms with E-state index in [1.165, 1.54) is 0 Å². The largest absolute Gasteiger partial charge is 0.497 e. The molecular formula is C13H18BrNO3. The Morgan fingerprint density at radius 3 is 2.83 bits per heavy atom. The first kappa shape index (κ1) is 15.0. The molecule has 0 bridgehead atoms. The third-order valence-electron chi connectivity index (χ3n) is 2.72. The maximum atomic E-state index is 12.1. The molecule has 1 atom stereocenters. The van der Waals surface area contributed by atoms with E-state index < -0.39 is 0 Å². The summed E-state index contributed by atoms with van der Waals surface area (Å²) in [5.74, 6) is 0.472. The van der Waals surface area contributed by atoms with E-state index in [4.69, 9.17) is 9.84 Å². The number of methoxy groups -OCH3 is 1. The third-order valence-corrected chi connectivity index (χ3v) is 3.42. The molecule has 1 aromatic rings. The molecular weight excluding hydrogens is 298 g/mol. The zero-order valence-electron chi connectivity index (χ0n) is 10.6. The van der Waals surface area contributed by atoms with E-state index in [2.05, 4.69) is 21.2 Å². The van der Waals surface area contributed by atoms with Crippen LogP contribution in [0.25, 0.3) is 0 Å². The van der Waals surface area contributed by atoms with E-state index in [0.29, 0.717) is 17.7 Å². The molecule has 2 N–H and O–H groups in total. The number of carbonyl (C=O) groups excluding carboxylic acids is 1. The number of nitrogens with one attached hydrogen (secondary N) is 1. The van der Waals surface area contributed by atoms with Crippen LogP contribution < -0.4 is 10.1 Å². The molecule has 1 aromatic carbocycles. The summed E-state index contributed by atoms with van der Waals surface area (Å²) in [5.41, 5.74) is 0.533. The van der Waals surface area contributed by atoms with Gasteiger partial charge >= 0.3 is 0 Å². The second-order valence-corrected chi connectivity index (χ2v) is 4.79. The van der Waals surface area contributed by atoms with Gasteiger partial charge in [-0.15, -0.1) is 0 Å². The van der Waals surface area contributed by atoms with Gasteiger partial charge in [-0.2, -0.15) is 0 Å². The average Bonchev–Trinajstić information content (AvgIpc) is 2.38. The van der Waals surface area contributed by atoms with Crippen LogP contribution >= 0.6 is 15.9 Å². The van der Waals surface area contributed by atoms with Crippen LogP contribution in [0.4, 0.5) is 0 Å². The van der Waals surface area contributed by atoms with Crippen molar-refractivity contribution in [2.24, 2.45) is 0 Å². The molecule has 1 rings (SSSR count). The van der Waals surface area contributed by atoms with Crippen LogP contribution in [-0.2, 0) is 0 Å². The number of hydrogen-bond acceptors (Lipinski definition) is 3. The number of benzene rings is 1. The van der Waals surface area contributed by atoms with Gasteiger partial charge < -0.3 is 15.2 Å². The van der Waals surface area contributed by atoms with Gasteiger partial charge in [0.1, 0.15) is 5.75 Å². The van der Waals surface area contributed by atoms with Crippen molar-refractivity contribution in [2.45, 2.75) is 25.8 Å². The fraction of sp³-hybridized carbons (Fsp3) is 0.462. The minimum atomic E-state index is -0.166. The molecule has 1 unspecified atom stereocenters. The highest BCUT2D eigenvalue weighted by Crippen LogP contribution is 2.22. The molecule has 0 aliphatic heterocycles. The van der Waals surface area contributed by atoms with Crippen molar-refractivity contribution >= 4 is 21.8 Å². The molecule has 0 spiro atoms. The molecule has 0 saturated carbocycles. The second kappa shape index (κ2) is 7.38. The molecule has 18 heavy (non-hydrogen) atoms. The van der Waals surface area contributed by atoms with Crippen molar-refractivity contribution in [2.75, 3.05) is 13.7 Å². The molecule has 1 amide bonds. The van der Waals surface area contributed by atoms with Gasteiger partial charge in [0.25, 0.3) is 5.91 Å². The topological polar surface area (TPSA) is 58.6 Å². The van der Waals surface area contributed by atoms with Gasteiger partial charge in [-0.05, 0) is 47.0 Å². The Labute approximate surface area is 115 Å². The lowest BCUT2D eigenvalue weighted by Crippen LogP contribution is -2.35. The summed E-state index contributed by atoms with van der Waals surface area (Å²) in [6, 6.07) is 5.23. The highest BCUT2D eigenvalue weighted by atomic mass is 79.9. The SMILES string of the molecule is CCC(CCO)NC(=O)c1cc(OC)ccc1Br. The van der Waals surface area contributed by atoms with Gasteiger partial charge in [-0.3, -0.25) is 4.79 Å². The molecule has 5 heteroatoms. The standard InChI is InChI=1S/C13H18BrNO3/c1-3-9(6-7-16)15-13(17)11-8-10(18-2)4-5-12(11)14/h4-5,8-9,16H,3,6-7H2,1-2H3,(H,15,17). The zero-order chi connectivity index (χ0) is 13.5. The number of amides is 1. The highest BCUT2D eigenvalue weighted by molar-refractivity contribution is 9.10. The molecule has 0 fully saturated rings.